The molecule has 0 aromatic carbocycles. The van der Waals surface area contributed by atoms with Gasteiger partial charge in [0.2, 0.25) is 0 Å². The summed E-state index contributed by atoms with van der Waals surface area (Å²) in [4.78, 5) is 4.23. The molecule has 0 spiro atoms. The Kier molecular flexibility index (Phi) is 4.13. The van der Waals surface area contributed by atoms with E-state index >= 15 is 0 Å². The number of nitrogens with zero attached hydrogens (tertiary/aromatic N) is 1. The molecular weight excluding hydrogens is 257 g/mol. The Balaban J connectivity index is 2.17. The highest BCUT2D eigenvalue weighted by molar-refractivity contribution is 6.35. The van der Waals surface area contributed by atoms with Crippen molar-refractivity contribution in [1.29, 1.82) is 0 Å². The SMILES string of the molecule is NCC1(Nc2ncc(Cl)cc2Cl)CCCCC1. The number of pyridine rings is 1. The van der Waals surface area contributed by atoms with E-state index in [-0.39, 0.29) is 5.54 Å². The Bertz CT molecular complexity index is 389. The topological polar surface area (TPSA) is 50.9 Å². The van der Waals surface area contributed by atoms with Gasteiger partial charge in [0.1, 0.15) is 5.82 Å². The van der Waals surface area contributed by atoms with Crippen LogP contribution in [0.3, 0.4) is 0 Å². The number of hydrogen-bond donors (Lipinski definition) is 2. The maximum atomic E-state index is 6.12. The van der Waals surface area contributed by atoms with E-state index in [2.05, 4.69) is 10.3 Å². The van der Waals surface area contributed by atoms with Gasteiger partial charge in [0.15, 0.2) is 0 Å². The Morgan fingerprint density at radius 2 is 2.00 bits per heavy atom. The molecule has 0 bridgehead atoms. The lowest BCUT2D eigenvalue weighted by Crippen LogP contribution is -2.47. The van der Waals surface area contributed by atoms with E-state index in [1.807, 2.05) is 0 Å². The van der Waals surface area contributed by atoms with E-state index < -0.39 is 0 Å². The highest BCUT2D eigenvalue weighted by Crippen LogP contribution is 2.33. The first kappa shape index (κ1) is 12.9. The number of nitrogens with two attached hydrogens (primary N) is 1. The van der Waals surface area contributed by atoms with Crippen LogP contribution in [0.4, 0.5) is 5.82 Å². The van der Waals surface area contributed by atoms with E-state index in [1.54, 1.807) is 12.3 Å². The molecule has 17 heavy (non-hydrogen) atoms. The van der Waals surface area contributed by atoms with E-state index in [9.17, 15) is 0 Å². The average molecular weight is 274 g/mol. The van der Waals surface area contributed by atoms with Crippen molar-refractivity contribution in [3.8, 4) is 0 Å². The minimum atomic E-state index is -0.0529. The summed E-state index contributed by atoms with van der Waals surface area (Å²) in [5, 5.41) is 4.51. The van der Waals surface area contributed by atoms with Crippen LogP contribution in [0.1, 0.15) is 32.1 Å². The number of aromatic nitrogens is 1. The molecule has 0 aliphatic heterocycles. The molecule has 0 unspecified atom stereocenters. The average Bonchev–Trinajstić information content (AvgIpc) is 2.34. The van der Waals surface area contributed by atoms with Gasteiger partial charge in [-0.25, -0.2) is 4.98 Å². The van der Waals surface area contributed by atoms with Crippen molar-refractivity contribution in [2.24, 2.45) is 5.73 Å². The van der Waals surface area contributed by atoms with Crippen molar-refractivity contribution in [3.63, 3.8) is 0 Å². The molecule has 1 aliphatic carbocycles. The molecule has 1 aromatic rings. The van der Waals surface area contributed by atoms with Crippen LogP contribution in [-0.2, 0) is 0 Å². The molecule has 3 N–H and O–H groups in total. The number of nitrogens with one attached hydrogen (secondary N) is 1. The first-order valence-electron chi connectivity index (χ1n) is 5.94. The number of halogens is 2. The van der Waals surface area contributed by atoms with Crippen LogP contribution in [0.2, 0.25) is 10.0 Å². The molecule has 3 nitrogen and oxygen atoms in total. The van der Waals surface area contributed by atoms with Crippen LogP contribution in [-0.4, -0.2) is 17.1 Å². The maximum Gasteiger partial charge on any atom is 0.145 e. The van der Waals surface area contributed by atoms with Crippen LogP contribution >= 0.6 is 23.2 Å². The summed E-state index contributed by atoms with van der Waals surface area (Å²) in [5.74, 6) is 0.684. The molecule has 1 heterocycles. The zero-order valence-electron chi connectivity index (χ0n) is 9.68. The fraction of sp³-hybridized carbons (Fsp3) is 0.583. The molecule has 0 atom stereocenters. The predicted octanol–water partition coefficient (Wildman–Crippen LogP) is 3.46. The van der Waals surface area contributed by atoms with Crippen LogP contribution in [0.25, 0.3) is 0 Å². The fourth-order valence-electron chi connectivity index (χ4n) is 2.37. The van der Waals surface area contributed by atoms with Crippen molar-refractivity contribution in [3.05, 3.63) is 22.3 Å². The standard InChI is InChI=1S/C12H17Cl2N3/c13-9-6-10(14)11(16-7-9)17-12(8-15)4-2-1-3-5-12/h6-7H,1-5,8,15H2,(H,16,17). The lowest BCUT2D eigenvalue weighted by molar-refractivity contribution is 0.330. The number of hydrogen-bond acceptors (Lipinski definition) is 3. The van der Waals surface area contributed by atoms with Crippen molar-refractivity contribution < 1.29 is 0 Å². The molecule has 0 radical (unpaired) electrons. The second-order valence-electron chi connectivity index (χ2n) is 4.65. The predicted molar refractivity (Wildman–Crippen MR) is 72.8 cm³/mol. The van der Waals surface area contributed by atoms with Gasteiger partial charge in [-0.2, -0.15) is 0 Å². The number of rotatable bonds is 3. The Hall–Kier alpha value is -0.510. The molecule has 94 valence electrons. The highest BCUT2D eigenvalue weighted by Gasteiger charge is 2.31. The van der Waals surface area contributed by atoms with Crippen LogP contribution < -0.4 is 11.1 Å². The molecule has 5 heteroatoms. The molecule has 2 rings (SSSR count). The number of anilines is 1. The van der Waals surface area contributed by atoms with E-state index in [1.165, 1.54) is 19.3 Å². The third-order valence-corrected chi connectivity index (χ3v) is 3.89. The van der Waals surface area contributed by atoms with Gasteiger partial charge < -0.3 is 11.1 Å². The Morgan fingerprint density at radius 1 is 1.29 bits per heavy atom. The second-order valence-corrected chi connectivity index (χ2v) is 5.50. The van der Waals surface area contributed by atoms with Crippen LogP contribution in [0, 0.1) is 0 Å². The smallest absolute Gasteiger partial charge is 0.145 e. The van der Waals surface area contributed by atoms with Gasteiger partial charge in [-0.15, -0.1) is 0 Å². The summed E-state index contributed by atoms with van der Waals surface area (Å²) in [6, 6.07) is 1.70. The summed E-state index contributed by atoms with van der Waals surface area (Å²) in [6.45, 7) is 0.605. The zero-order chi connectivity index (χ0) is 12.3. The third kappa shape index (κ3) is 3.03. The van der Waals surface area contributed by atoms with E-state index in [0.717, 1.165) is 12.8 Å². The monoisotopic (exact) mass is 273 g/mol. The summed E-state index contributed by atoms with van der Waals surface area (Å²) < 4.78 is 0. The van der Waals surface area contributed by atoms with Gasteiger partial charge in [-0.3, -0.25) is 0 Å². The third-order valence-electron chi connectivity index (χ3n) is 3.39. The summed E-state index contributed by atoms with van der Waals surface area (Å²) >= 11 is 11.9. The van der Waals surface area contributed by atoms with Gasteiger partial charge in [0, 0.05) is 12.7 Å². The molecule has 1 aromatic heterocycles. The minimum Gasteiger partial charge on any atom is -0.362 e. The first-order chi connectivity index (χ1) is 8.15. The largest absolute Gasteiger partial charge is 0.362 e. The summed E-state index contributed by atoms with van der Waals surface area (Å²) in [5.41, 5.74) is 5.85. The normalized spacial score (nSPS) is 19.0. The minimum absolute atomic E-state index is 0.0529. The van der Waals surface area contributed by atoms with Gasteiger partial charge >= 0.3 is 0 Å². The fourth-order valence-corrected chi connectivity index (χ4v) is 2.79. The molecular formula is C12H17Cl2N3. The molecule has 0 saturated heterocycles. The van der Waals surface area contributed by atoms with Crippen LogP contribution in [0.5, 0.6) is 0 Å². The van der Waals surface area contributed by atoms with Gasteiger partial charge in [-0.1, -0.05) is 42.5 Å². The molecule has 1 aliphatic rings. The van der Waals surface area contributed by atoms with Crippen molar-refractivity contribution >= 4 is 29.0 Å². The lowest BCUT2D eigenvalue weighted by atomic mass is 9.81. The van der Waals surface area contributed by atoms with Gasteiger partial charge in [-0.05, 0) is 18.9 Å². The maximum absolute atomic E-state index is 6.12. The van der Waals surface area contributed by atoms with E-state index in [0.29, 0.717) is 22.4 Å². The van der Waals surface area contributed by atoms with E-state index in [4.69, 9.17) is 28.9 Å². The van der Waals surface area contributed by atoms with Crippen molar-refractivity contribution in [2.45, 2.75) is 37.6 Å². The van der Waals surface area contributed by atoms with Crippen molar-refractivity contribution in [1.82, 2.24) is 4.98 Å². The second kappa shape index (κ2) is 5.42. The summed E-state index contributed by atoms with van der Waals surface area (Å²) in [6.07, 6.45) is 7.44. The van der Waals surface area contributed by atoms with Crippen molar-refractivity contribution in [2.75, 3.05) is 11.9 Å². The first-order valence-corrected chi connectivity index (χ1v) is 6.70. The molecule has 0 amide bonds. The van der Waals surface area contributed by atoms with Gasteiger partial charge in [0.25, 0.3) is 0 Å². The highest BCUT2D eigenvalue weighted by atomic mass is 35.5. The Labute approximate surface area is 112 Å². The van der Waals surface area contributed by atoms with Gasteiger partial charge in [0.05, 0.1) is 15.6 Å². The Morgan fingerprint density at radius 3 is 2.59 bits per heavy atom. The summed E-state index contributed by atoms with van der Waals surface area (Å²) in [7, 11) is 0. The van der Waals surface area contributed by atoms with Crippen LogP contribution in [0.15, 0.2) is 12.3 Å². The quantitative estimate of drug-likeness (QED) is 0.887. The lowest BCUT2D eigenvalue weighted by Gasteiger charge is -2.37. The molecule has 1 fully saturated rings. The zero-order valence-corrected chi connectivity index (χ0v) is 11.2. The molecule has 1 saturated carbocycles.